The van der Waals surface area contributed by atoms with Gasteiger partial charge in [0.1, 0.15) is 11.6 Å². The van der Waals surface area contributed by atoms with Crippen molar-refractivity contribution in [2.45, 2.75) is 45.0 Å². The van der Waals surface area contributed by atoms with Gasteiger partial charge in [-0.25, -0.2) is 0 Å². The smallest absolute Gasteiger partial charge is 0.147 e. The molecule has 0 atom stereocenters. The maximum absolute atomic E-state index is 5.92. The Labute approximate surface area is 107 Å². The molecule has 1 aliphatic rings. The molecule has 0 spiro atoms. The molecule has 0 bridgehead atoms. The van der Waals surface area contributed by atoms with Crippen molar-refractivity contribution in [2.24, 2.45) is 5.92 Å². The van der Waals surface area contributed by atoms with E-state index in [0.29, 0.717) is 17.7 Å². The molecule has 1 aromatic heterocycles. The molecule has 0 N–H and O–H groups in total. The van der Waals surface area contributed by atoms with Gasteiger partial charge < -0.3 is 9.30 Å². The van der Waals surface area contributed by atoms with Crippen LogP contribution in [0.4, 0.5) is 0 Å². The Morgan fingerprint density at radius 1 is 1.35 bits per heavy atom. The van der Waals surface area contributed by atoms with Gasteiger partial charge in [0.2, 0.25) is 0 Å². The number of hydrogen-bond acceptors (Lipinski definition) is 3. The number of nitrogens with zero attached hydrogens (tertiary/aromatic N) is 3. The summed E-state index contributed by atoms with van der Waals surface area (Å²) in [6.45, 7) is 7.00. The van der Waals surface area contributed by atoms with Crippen LogP contribution in [0.2, 0.25) is 0 Å². The topological polar surface area (TPSA) is 39.9 Å². The molecular weight excluding hydrogens is 238 g/mol. The molecule has 1 fully saturated rings. The number of halogens is 1. The highest BCUT2D eigenvalue weighted by Crippen LogP contribution is 2.26. The first-order valence-corrected chi connectivity index (χ1v) is 6.81. The fourth-order valence-corrected chi connectivity index (χ4v) is 2.47. The maximum atomic E-state index is 5.92. The fourth-order valence-electron chi connectivity index (χ4n) is 2.27. The summed E-state index contributed by atoms with van der Waals surface area (Å²) in [7, 11) is 0. The maximum Gasteiger partial charge on any atom is 0.147 e. The Bertz CT molecular complexity index is 359. The van der Waals surface area contributed by atoms with Crippen LogP contribution < -0.4 is 0 Å². The van der Waals surface area contributed by atoms with Crippen LogP contribution in [0.25, 0.3) is 0 Å². The van der Waals surface area contributed by atoms with Gasteiger partial charge >= 0.3 is 0 Å². The molecule has 17 heavy (non-hydrogen) atoms. The van der Waals surface area contributed by atoms with Crippen molar-refractivity contribution in [1.29, 1.82) is 0 Å². The van der Waals surface area contributed by atoms with E-state index in [1.807, 2.05) is 0 Å². The first kappa shape index (κ1) is 12.8. The lowest BCUT2D eigenvalue weighted by Gasteiger charge is -2.22. The number of alkyl halides is 1. The monoisotopic (exact) mass is 257 g/mol. The highest BCUT2D eigenvalue weighted by molar-refractivity contribution is 6.16. The molecule has 0 aromatic carbocycles. The zero-order valence-corrected chi connectivity index (χ0v) is 11.3. The quantitative estimate of drug-likeness (QED) is 0.779. The van der Waals surface area contributed by atoms with Gasteiger partial charge in [-0.15, -0.1) is 21.8 Å². The van der Waals surface area contributed by atoms with Crippen LogP contribution >= 0.6 is 11.6 Å². The van der Waals surface area contributed by atoms with E-state index in [0.717, 1.165) is 44.2 Å². The summed E-state index contributed by atoms with van der Waals surface area (Å²) < 4.78 is 7.59. The average Bonchev–Trinajstić information content (AvgIpc) is 2.72. The SMILES string of the molecule is CC(C)Cn1c(CCl)nnc1C1CCOCC1. The van der Waals surface area contributed by atoms with Crippen molar-refractivity contribution < 1.29 is 4.74 Å². The Morgan fingerprint density at radius 3 is 2.65 bits per heavy atom. The van der Waals surface area contributed by atoms with Gasteiger partial charge in [0, 0.05) is 25.7 Å². The van der Waals surface area contributed by atoms with E-state index < -0.39 is 0 Å². The lowest BCUT2D eigenvalue weighted by molar-refractivity contribution is 0.0825. The van der Waals surface area contributed by atoms with E-state index >= 15 is 0 Å². The lowest BCUT2D eigenvalue weighted by atomic mass is 9.99. The van der Waals surface area contributed by atoms with Crippen molar-refractivity contribution in [3.05, 3.63) is 11.6 Å². The Balaban J connectivity index is 2.22. The van der Waals surface area contributed by atoms with Crippen LogP contribution in [-0.2, 0) is 17.2 Å². The van der Waals surface area contributed by atoms with Crippen LogP contribution in [0.1, 0.15) is 44.3 Å². The second-order valence-corrected chi connectivity index (χ2v) is 5.27. The second kappa shape index (κ2) is 5.83. The Morgan fingerprint density at radius 2 is 2.06 bits per heavy atom. The summed E-state index contributed by atoms with van der Waals surface area (Å²) in [6.07, 6.45) is 2.08. The van der Waals surface area contributed by atoms with Gasteiger partial charge in [0.15, 0.2) is 0 Å². The van der Waals surface area contributed by atoms with Crippen molar-refractivity contribution >= 4 is 11.6 Å². The molecule has 0 radical (unpaired) electrons. The molecule has 1 aromatic rings. The molecule has 0 amide bonds. The largest absolute Gasteiger partial charge is 0.381 e. The van der Waals surface area contributed by atoms with Crippen molar-refractivity contribution in [3.8, 4) is 0 Å². The van der Waals surface area contributed by atoms with Crippen LogP contribution in [0.3, 0.4) is 0 Å². The van der Waals surface area contributed by atoms with Crippen LogP contribution in [-0.4, -0.2) is 28.0 Å². The Kier molecular flexibility index (Phi) is 4.40. The molecular formula is C12H20ClN3O. The zero-order chi connectivity index (χ0) is 12.3. The number of ether oxygens (including phenoxy) is 1. The minimum atomic E-state index is 0.433. The van der Waals surface area contributed by atoms with Crippen molar-refractivity contribution in [1.82, 2.24) is 14.8 Å². The van der Waals surface area contributed by atoms with Crippen LogP contribution in [0, 0.1) is 5.92 Å². The predicted molar refractivity (Wildman–Crippen MR) is 67.2 cm³/mol. The third-order valence-electron chi connectivity index (χ3n) is 3.11. The first-order valence-electron chi connectivity index (χ1n) is 6.28. The highest BCUT2D eigenvalue weighted by Gasteiger charge is 2.23. The number of aromatic nitrogens is 3. The van der Waals surface area contributed by atoms with Crippen molar-refractivity contribution in [2.75, 3.05) is 13.2 Å². The summed E-state index contributed by atoms with van der Waals surface area (Å²) in [5.74, 6) is 3.47. The van der Waals surface area contributed by atoms with E-state index in [-0.39, 0.29) is 0 Å². The molecule has 2 heterocycles. The minimum absolute atomic E-state index is 0.433. The van der Waals surface area contributed by atoms with E-state index in [1.54, 1.807) is 0 Å². The van der Waals surface area contributed by atoms with E-state index in [2.05, 4.69) is 28.6 Å². The summed E-state index contributed by atoms with van der Waals surface area (Å²) in [5, 5.41) is 8.54. The summed E-state index contributed by atoms with van der Waals surface area (Å²) in [6, 6.07) is 0. The van der Waals surface area contributed by atoms with E-state index in [9.17, 15) is 0 Å². The molecule has 1 saturated heterocycles. The predicted octanol–water partition coefficient (Wildman–Crippen LogP) is 2.57. The molecule has 0 unspecified atom stereocenters. The average molecular weight is 258 g/mol. The van der Waals surface area contributed by atoms with Gasteiger partial charge in [0.25, 0.3) is 0 Å². The molecule has 96 valence electrons. The number of hydrogen-bond donors (Lipinski definition) is 0. The second-order valence-electron chi connectivity index (χ2n) is 5.00. The van der Waals surface area contributed by atoms with Gasteiger partial charge in [-0.3, -0.25) is 0 Å². The fraction of sp³-hybridized carbons (Fsp3) is 0.833. The standard InChI is InChI=1S/C12H20ClN3O/c1-9(2)8-16-11(7-13)14-15-12(16)10-3-5-17-6-4-10/h9-10H,3-8H2,1-2H3. The van der Waals surface area contributed by atoms with Gasteiger partial charge in [-0.1, -0.05) is 13.8 Å². The molecule has 1 aliphatic heterocycles. The third-order valence-corrected chi connectivity index (χ3v) is 3.35. The van der Waals surface area contributed by atoms with Crippen LogP contribution in [0.5, 0.6) is 0 Å². The number of rotatable bonds is 4. The van der Waals surface area contributed by atoms with Crippen LogP contribution in [0.15, 0.2) is 0 Å². The first-order chi connectivity index (χ1) is 8.22. The molecule has 4 nitrogen and oxygen atoms in total. The molecule has 0 aliphatic carbocycles. The van der Waals surface area contributed by atoms with Gasteiger partial charge in [0.05, 0.1) is 5.88 Å². The zero-order valence-electron chi connectivity index (χ0n) is 10.5. The lowest BCUT2D eigenvalue weighted by Crippen LogP contribution is -2.20. The summed E-state index contributed by atoms with van der Waals surface area (Å²) in [4.78, 5) is 0. The summed E-state index contributed by atoms with van der Waals surface area (Å²) >= 11 is 5.92. The molecule has 5 heteroatoms. The minimum Gasteiger partial charge on any atom is -0.381 e. The normalized spacial score (nSPS) is 17.9. The van der Waals surface area contributed by atoms with Gasteiger partial charge in [-0.05, 0) is 18.8 Å². The molecule has 2 rings (SSSR count). The third kappa shape index (κ3) is 2.99. The summed E-state index contributed by atoms with van der Waals surface area (Å²) in [5.41, 5.74) is 0. The van der Waals surface area contributed by atoms with E-state index in [4.69, 9.17) is 16.3 Å². The van der Waals surface area contributed by atoms with Gasteiger partial charge in [-0.2, -0.15) is 0 Å². The highest BCUT2D eigenvalue weighted by atomic mass is 35.5. The molecule has 0 saturated carbocycles. The Hall–Kier alpha value is -0.610. The van der Waals surface area contributed by atoms with E-state index in [1.165, 1.54) is 0 Å². The van der Waals surface area contributed by atoms with Crippen molar-refractivity contribution in [3.63, 3.8) is 0 Å².